The van der Waals surface area contributed by atoms with Gasteiger partial charge in [0.05, 0.1) is 16.6 Å². The maximum absolute atomic E-state index is 14.2. The molecule has 1 aliphatic rings. The highest BCUT2D eigenvalue weighted by atomic mass is 19.4. The fourth-order valence-corrected chi connectivity index (χ4v) is 5.32. The number of fused-ring (bicyclic) bond motifs is 2. The summed E-state index contributed by atoms with van der Waals surface area (Å²) in [5.41, 5.74) is 1.47. The van der Waals surface area contributed by atoms with E-state index in [1.165, 1.54) is 19.1 Å². The fraction of sp³-hybridized carbons (Fsp3) is 0.360. The second-order valence-electron chi connectivity index (χ2n) is 9.01. The topological polar surface area (TPSA) is 41.6 Å². The number of alkyl halides is 3. The molecule has 0 aliphatic heterocycles. The van der Waals surface area contributed by atoms with Crippen LogP contribution in [0.1, 0.15) is 54.5 Å². The number of aromatic nitrogens is 3. The first-order chi connectivity index (χ1) is 16.1. The average Bonchev–Trinajstić information content (AvgIpc) is 3.20. The number of aryl methyl sites for hydroxylation is 1. The van der Waals surface area contributed by atoms with Gasteiger partial charge < -0.3 is 4.98 Å². The van der Waals surface area contributed by atoms with Crippen molar-refractivity contribution in [3.8, 4) is 0 Å². The van der Waals surface area contributed by atoms with Crippen LogP contribution >= 0.6 is 0 Å². The summed E-state index contributed by atoms with van der Waals surface area (Å²) in [5.74, 6) is -5.59. The highest BCUT2D eigenvalue weighted by Crippen LogP contribution is 2.48. The number of benzene rings is 2. The third-order valence-corrected chi connectivity index (χ3v) is 7.00. The van der Waals surface area contributed by atoms with Crippen molar-refractivity contribution in [2.45, 2.75) is 50.6 Å². The number of H-pyrrole nitrogens is 1. The van der Waals surface area contributed by atoms with E-state index in [-0.39, 0.29) is 47.0 Å². The van der Waals surface area contributed by atoms with Crippen molar-refractivity contribution < 1.29 is 26.3 Å². The average molecular weight is 477 g/mol. The lowest BCUT2D eigenvalue weighted by Gasteiger charge is -2.34. The van der Waals surface area contributed by atoms with E-state index in [1.807, 2.05) is 0 Å². The maximum Gasteiger partial charge on any atom is 0.399 e. The molecule has 0 bridgehead atoms. The van der Waals surface area contributed by atoms with Crippen LogP contribution in [0, 0.1) is 30.3 Å². The Hall–Kier alpha value is -3.10. The van der Waals surface area contributed by atoms with Gasteiger partial charge in [0.1, 0.15) is 17.6 Å². The summed E-state index contributed by atoms with van der Waals surface area (Å²) < 4.78 is 84.1. The van der Waals surface area contributed by atoms with Crippen LogP contribution in [0.25, 0.3) is 21.9 Å². The van der Waals surface area contributed by atoms with Gasteiger partial charge >= 0.3 is 6.18 Å². The van der Waals surface area contributed by atoms with Crippen LogP contribution < -0.4 is 0 Å². The Balaban J connectivity index is 1.44. The third-order valence-electron chi connectivity index (χ3n) is 7.00. The third kappa shape index (κ3) is 3.91. The quantitative estimate of drug-likeness (QED) is 0.311. The van der Waals surface area contributed by atoms with E-state index < -0.39 is 29.6 Å². The normalized spacial score (nSPS) is 20.2. The van der Waals surface area contributed by atoms with Crippen LogP contribution in [0.15, 0.2) is 36.5 Å². The van der Waals surface area contributed by atoms with Crippen molar-refractivity contribution in [1.82, 2.24) is 15.0 Å². The van der Waals surface area contributed by atoms with Gasteiger partial charge in [0.25, 0.3) is 0 Å². The molecule has 1 fully saturated rings. The van der Waals surface area contributed by atoms with E-state index in [9.17, 15) is 26.3 Å². The summed E-state index contributed by atoms with van der Waals surface area (Å²) in [6.45, 7) is 1.30. The van der Waals surface area contributed by atoms with Crippen molar-refractivity contribution in [2.75, 3.05) is 0 Å². The monoisotopic (exact) mass is 477 g/mol. The Morgan fingerprint density at radius 3 is 2.41 bits per heavy atom. The number of nitrogens with one attached hydrogen (secondary N) is 1. The van der Waals surface area contributed by atoms with Crippen LogP contribution in [0.5, 0.6) is 0 Å². The molecule has 178 valence electrons. The Bertz CT molecular complexity index is 1370. The summed E-state index contributed by atoms with van der Waals surface area (Å²) in [7, 11) is 0. The predicted molar refractivity (Wildman–Crippen MR) is 116 cm³/mol. The minimum absolute atomic E-state index is 0.0152. The number of nitrogens with zero attached hydrogens (tertiary/aromatic N) is 2. The number of hydrogen-bond donors (Lipinski definition) is 1. The number of pyridine rings is 1. The predicted octanol–water partition coefficient (Wildman–Crippen LogP) is 7.46. The summed E-state index contributed by atoms with van der Waals surface area (Å²) in [6, 6.07) is 6.96. The standard InChI is InChI=1S/C25H21F6N3/c1-12-22(28)18(27)11-20-23(12)34-24(33-20)21(25(29,30)31)14-4-2-13(3-5-14)16-8-9-32-19-7-6-15(26)10-17(16)19/h6-11,13-14,21H,2-5H2,1H3,(H,33,34)/t13?,14?,21-/m1/s1. The zero-order valence-corrected chi connectivity index (χ0v) is 18.2. The van der Waals surface area contributed by atoms with Gasteiger partial charge in [-0.15, -0.1) is 0 Å². The molecule has 9 heteroatoms. The molecule has 4 aromatic rings. The molecule has 0 spiro atoms. The van der Waals surface area contributed by atoms with E-state index in [0.29, 0.717) is 23.7 Å². The lowest BCUT2D eigenvalue weighted by atomic mass is 9.73. The molecule has 3 nitrogen and oxygen atoms in total. The summed E-state index contributed by atoms with van der Waals surface area (Å²) >= 11 is 0. The summed E-state index contributed by atoms with van der Waals surface area (Å²) in [4.78, 5) is 10.9. The smallest absolute Gasteiger partial charge is 0.341 e. The number of imidazole rings is 1. The Morgan fingerprint density at radius 2 is 1.71 bits per heavy atom. The molecule has 2 aromatic heterocycles. The van der Waals surface area contributed by atoms with Crippen molar-refractivity contribution in [1.29, 1.82) is 0 Å². The molecule has 0 unspecified atom stereocenters. The van der Waals surface area contributed by atoms with Crippen molar-refractivity contribution in [3.05, 3.63) is 70.9 Å². The SMILES string of the molecule is Cc1c(F)c(F)cc2nc([C@@H](C3CCC(c4ccnc5ccc(F)cc45)CC3)C(F)(F)F)[nH]c12. The van der Waals surface area contributed by atoms with Crippen LogP contribution in [0.3, 0.4) is 0 Å². The van der Waals surface area contributed by atoms with E-state index in [0.717, 1.165) is 11.6 Å². The Kier molecular flexibility index (Phi) is 5.53. The molecular formula is C25H21F6N3. The lowest BCUT2D eigenvalue weighted by molar-refractivity contribution is -0.166. The van der Waals surface area contributed by atoms with Gasteiger partial charge in [0, 0.05) is 23.2 Å². The van der Waals surface area contributed by atoms with Crippen LogP contribution in [0.2, 0.25) is 0 Å². The first-order valence-electron chi connectivity index (χ1n) is 11.1. The first kappa shape index (κ1) is 22.7. The zero-order chi connectivity index (χ0) is 24.2. The molecule has 0 radical (unpaired) electrons. The van der Waals surface area contributed by atoms with Crippen molar-refractivity contribution in [2.24, 2.45) is 5.92 Å². The Labute approximate surface area is 191 Å². The highest BCUT2D eigenvalue weighted by Gasteiger charge is 2.48. The number of aromatic amines is 1. The van der Waals surface area contributed by atoms with Crippen LogP contribution in [-0.4, -0.2) is 21.1 Å². The van der Waals surface area contributed by atoms with Gasteiger partial charge in [-0.25, -0.2) is 18.2 Å². The fourth-order valence-electron chi connectivity index (χ4n) is 5.32. The molecule has 34 heavy (non-hydrogen) atoms. The first-order valence-corrected chi connectivity index (χ1v) is 11.1. The maximum atomic E-state index is 14.2. The number of rotatable bonds is 3. The highest BCUT2D eigenvalue weighted by molar-refractivity contribution is 5.82. The van der Waals surface area contributed by atoms with Gasteiger partial charge in [-0.3, -0.25) is 4.98 Å². The largest absolute Gasteiger partial charge is 0.399 e. The van der Waals surface area contributed by atoms with Gasteiger partial charge in [-0.1, -0.05) is 0 Å². The molecule has 1 N–H and O–H groups in total. The summed E-state index contributed by atoms with van der Waals surface area (Å²) in [6.07, 6.45) is -1.39. The van der Waals surface area contributed by atoms with Crippen molar-refractivity contribution >= 4 is 21.9 Å². The van der Waals surface area contributed by atoms with E-state index in [4.69, 9.17) is 0 Å². The van der Waals surface area contributed by atoms with Crippen molar-refractivity contribution in [3.63, 3.8) is 0 Å². The minimum atomic E-state index is -4.58. The zero-order valence-electron chi connectivity index (χ0n) is 18.2. The second kappa shape index (κ2) is 8.29. The minimum Gasteiger partial charge on any atom is -0.341 e. The molecule has 1 aliphatic carbocycles. The molecule has 5 rings (SSSR count). The molecule has 0 saturated heterocycles. The molecular weight excluding hydrogens is 456 g/mol. The number of hydrogen-bond acceptors (Lipinski definition) is 2. The molecule has 2 heterocycles. The van der Waals surface area contributed by atoms with E-state index >= 15 is 0 Å². The lowest BCUT2D eigenvalue weighted by Crippen LogP contribution is -2.31. The van der Waals surface area contributed by atoms with E-state index in [1.54, 1.807) is 18.3 Å². The van der Waals surface area contributed by atoms with Gasteiger partial charge in [-0.05, 0) is 74.3 Å². The molecule has 1 atom stereocenters. The number of halogens is 6. The molecule has 0 amide bonds. The van der Waals surface area contributed by atoms with Gasteiger partial charge in [0.15, 0.2) is 11.6 Å². The van der Waals surface area contributed by atoms with Crippen LogP contribution in [-0.2, 0) is 0 Å². The van der Waals surface area contributed by atoms with E-state index in [2.05, 4.69) is 15.0 Å². The second-order valence-corrected chi connectivity index (χ2v) is 9.01. The van der Waals surface area contributed by atoms with Gasteiger partial charge in [-0.2, -0.15) is 13.2 Å². The summed E-state index contributed by atoms with van der Waals surface area (Å²) in [5, 5.41) is 0.676. The van der Waals surface area contributed by atoms with Crippen LogP contribution in [0.4, 0.5) is 26.3 Å². The Morgan fingerprint density at radius 1 is 0.971 bits per heavy atom. The molecule has 1 saturated carbocycles. The van der Waals surface area contributed by atoms with Gasteiger partial charge in [0.2, 0.25) is 0 Å². The molecule has 2 aromatic carbocycles.